The van der Waals surface area contributed by atoms with Crippen LogP contribution in [0.5, 0.6) is 0 Å². The van der Waals surface area contributed by atoms with Gasteiger partial charge in [-0.1, -0.05) is 32.1 Å². The molecule has 0 spiro atoms. The molecular formula is C20H31NO3. The standard InChI is InChI=1S/C20H31NO3/c1-2-20(21,16-22)14-13-19-12-11-18(24-19)10-6-7-15-23-17-8-4-3-5-9-17/h11-12,17,22H,2-5,7-9,13-16,21H2,1H3/t20-/m1/s1. The first-order valence-electron chi connectivity index (χ1n) is 9.24. The van der Waals surface area contributed by atoms with Gasteiger partial charge >= 0.3 is 0 Å². The molecule has 1 heterocycles. The Morgan fingerprint density at radius 3 is 2.83 bits per heavy atom. The molecule has 24 heavy (non-hydrogen) atoms. The second kappa shape index (κ2) is 9.88. The van der Waals surface area contributed by atoms with E-state index in [1.807, 2.05) is 19.1 Å². The van der Waals surface area contributed by atoms with Crippen LogP contribution < -0.4 is 5.73 Å². The number of rotatable bonds is 8. The lowest BCUT2D eigenvalue weighted by Crippen LogP contribution is -2.43. The first-order valence-corrected chi connectivity index (χ1v) is 9.24. The number of hydrogen-bond acceptors (Lipinski definition) is 4. The van der Waals surface area contributed by atoms with Crippen LogP contribution in [0.15, 0.2) is 16.5 Å². The van der Waals surface area contributed by atoms with Crippen LogP contribution in [0, 0.1) is 11.8 Å². The van der Waals surface area contributed by atoms with Gasteiger partial charge in [-0.15, -0.1) is 0 Å². The summed E-state index contributed by atoms with van der Waals surface area (Å²) in [6.07, 6.45) is 9.68. The summed E-state index contributed by atoms with van der Waals surface area (Å²) in [6.45, 7) is 2.69. The maximum atomic E-state index is 9.34. The molecule has 1 saturated carbocycles. The number of aliphatic hydroxyl groups is 1. The van der Waals surface area contributed by atoms with E-state index in [0.717, 1.165) is 25.0 Å². The molecular weight excluding hydrogens is 302 g/mol. The third kappa shape index (κ3) is 6.32. The lowest BCUT2D eigenvalue weighted by Gasteiger charge is -2.24. The van der Waals surface area contributed by atoms with E-state index in [1.54, 1.807) is 0 Å². The van der Waals surface area contributed by atoms with Gasteiger partial charge in [-0.3, -0.25) is 0 Å². The zero-order valence-corrected chi connectivity index (χ0v) is 14.9. The SMILES string of the molecule is CC[C@](N)(CO)CCc1ccc(C#CCCOC2CCCCC2)o1. The van der Waals surface area contributed by atoms with Crippen LogP contribution in [-0.2, 0) is 11.2 Å². The molecule has 2 rings (SSSR count). The second-order valence-corrected chi connectivity index (χ2v) is 6.82. The highest BCUT2D eigenvalue weighted by atomic mass is 16.5. The zero-order valence-electron chi connectivity index (χ0n) is 14.9. The van der Waals surface area contributed by atoms with Gasteiger partial charge in [-0.2, -0.15) is 0 Å². The fourth-order valence-electron chi connectivity index (χ4n) is 2.98. The molecule has 1 aromatic heterocycles. The lowest BCUT2D eigenvalue weighted by atomic mass is 9.92. The van der Waals surface area contributed by atoms with Gasteiger partial charge in [0.2, 0.25) is 0 Å². The summed E-state index contributed by atoms with van der Waals surface area (Å²) in [5, 5.41) is 9.34. The first kappa shape index (κ1) is 19.1. The zero-order chi connectivity index (χ0) is 17.3. The highest BCUT2D eigenvalue weighted by molar-refractivity contribution is 5.26. The van der Waals surface area contributed by atoms with Crippen LogP contribution >= 0.6 is 0 Å². The van der Waals surface area contributed by atoms with Crippen molar-refractivity contribution in [2.24, 2.45) is 5.73 Å². The van der Waals surface area contributed by atoms with Gasteiger partial charge < -0.3 is 20.0 Å². The molecule has 1 fully saturated rings. The summed E-state index contributed by atoms with van der Waals surface area (Å²) in [5.74, 6) is 7.72. The monoisotopic (exact) mass is 333 g/mol. The van der Waals surface area contributed by atoms with E-state index in [9.17, 15) is 5.11 Å². The maximum Gasteiger partial charge on any atom is 0.177 e. The molecule has 4 nitrogen and oxygen atoms in total. The van der Waals surface area contributed by atoms with Gasteiger partial charge in [-0.25, -0.2) is 0 Å². The molecule has 134 valence electrons. The minimum Gasteiger partial charge on any atom is -0.453 e. The Hall–Kier alpha value is -1.28. The molecule has 0 bridgehead atoms. The number of aryl methyl sites for hydroxylation is 1. The molecule has 4 heteroatoms. The Labute approximate surface area is 145 Å². The summed E-state index contributed by atoms with van der Waals surface area (Å²) in [5.41, 5.74) is 5.57. The second-order valence-electron chi connectivity index (χ2n) is 6.82. The lowest BCUT2D eigenvalue weighted by molar-refractivity contribution is 0.0320. The molecule has 1 aromatic rings. The fourth-order valence-corrected chi connectivity index (χ4v) is 2.98. The van der Waals surface area contributed by atoms with E-state index in [2.05, 4.69) is 11.8 Å². The Balaban J connectivity index is 1.69. The van der Waals surface area contributed by atoms with Crippen LogP contribution in [0.1, 0.15) is 69.8 Å². The van der Waals surface area contributed by atoms with Gasteiger partial charge in [-0.05, 0) is 43.7 Å². The van der Waals surface area contributed by atoms with Crippen molar-refractivity contribution in [3.05, 3.63) is 23.7 Å². The van der Waals surface area contributed by atoms with Crippen molar-refractivity contribution in [3.63, 3.8) is 0 Å². The number of hydrogen-bond donors (Lipinski definition) is 2. The van der Waals surface area contributed by atoms with Crippen molar-refractivity contribution in [3.8, 4) is 11.8 Å². The van der Waals surface area contributed by atoms with Crippen LogP contribution in [0.2, 0.25) is 0 Å². The van der Waals surface area contributed by atoms with Crippen molar-refractivity contribution in [1.82, 2.24) is 0 Å². The maximum absolute atomic E-state index is 9.34. The van der Waals surface area contributed by atoms with Crippen molar-refractivity contribution in [2.45, 2.75) is 76.4 Å². The van der Waals surface area contributed by atoms with E-state index < -0.39 is 5.54 Å². The minimum atomic E-state index is -0.519. The molecule has 0 unspecified atom stereocenters. The largest absolute Gasteiger partial charge is 0.453 e. The Bertz CT molecular complexity index is 531. The molecule has 1 aliphatic rings. The average Bonchev–Trinajstić information content (AvgIpc) is 3.08. The van der Waals surface area contributed by atoms with Crippen LogP contribution in [0.4, 0.5) is 0 Å². The van der Waals surface area contributed by atoms with E-state index in [-0.39, 0.29) is 6.61 Å². The Morgan fingerprint density at radius 1 is 1.33 bits per heavy atom. The van der Waals surface area contributed by atoms with Gasteiger partial charge in [0.15, 0.2) is 5.76 Å². The Kier molecular flexibility index (Phi) is 7.84. The quantitative estimate of drug-likeness (QED) is 0.565. The third-order valence-electron chi connectivity index (χ3n) is 4.89. The van der Waals surface area contributed by atoms with Crippen molar-refractivity contribution >= 4 is 0 Å². The van der Waals surface area contributed by atoms with Crippen LogP contribution in [0.25, 0.3) is 0 Å². The van der Waals surface area contributed by atoms with Gasteiger partial charge in [0.25, 0.3) is 0 Å². The van der Waals surface area contributed by atoms with Gasteiger partial charge in [0.05, 0.1) is 19.3 Å². The fraction of sp³-hybridized carbons (Fsp3) is 0.700. The molecule has 0 saturated heterocycles. The third-order valence-corrected chi connectivity index (χ3v) is 4.89. The van der Waals surface area contributed by atoms with Crippen molar-refractivity contribution in [2.75, 3.05) is 13.2 Å². The van der Waals surface area contributed by atoms with E-state index >= 15 is 0 Å². The van der Waals surface area contributed by atoms with Gasteiger partial charge in [0, 0.05) is 18.4 Å². The highest BCUT2D eigenvalue weighted by Crippen LogP contribution is 2.20. The van der Waals surface area contributed by atoms with Crippen LogP contribution in [0.3, 0.4) is 0 Å². The first-order chi connectivity index (χ1) is 11.6. The molecule has 1 aliphatic carbocycles. The van der Waals surface area contributed by atoms with Gasteiger partial charge in [0.1, 0.15) is 5.76 Å². The number of furan rings is 1. The Morgan fingerprint density at radius 2 is 2.12 bits per heavy atom. The molecule has 0 radical (unpaired) electrons. The smallest absolute Gasteiger partial charge is 0.177 e. The van der Waals surface area contributed by atoms with E-state index in [0.29, 0.717) is 24.9 Å². The molecule has 0 amide bonds. The normalized spacial score (nSPS) is 18.0. The summed E-state index contributed by atoms with van der Waals surface area (Å²) < 4.78 is 11.6. The van der Waals surface area contributed by atoms with Crippen LogP contribution in [-0.4, -0.2) is 30.0 Å². The summed E-state index contributed by atoms with van der Waals surface area (Å²) >= 11 is 0. The predicted molar refractivity (Wildman–Crippen MR) is 95.6 cm³/mol. The number of nitrogens with two attached hydrogens (primary N) is 1. The average molecular weight is 333 g/mol. The molecule has 3 N–H and O–H groups in total. The summed E-state index contributed by atoms with van der Waals surface area (Å²) in [7, 11) is 0. The molecule has 0 aromatic carbocycles. The van der Waals surface area contributed by atoms with E-state index in [4.69, 9.17) is 14.9 Å². The van der Waals surface area contributed by atoms with Crippen molar-refractivity contribution < 1.29 is 14.3 Å². The summed E-state index contributed by atoms with van der Waals surface area (Å²) in [4.78, 5) is 0. The summed E-state index contributed by atoms with van der Waals surface area (Å²) in [6, 6.07) is 3.84. The van der Waals surface area contributed by atoms with Crippen molar-refractivity contribution in [1.29, 1.82) is 0 Å². The predicted octanol–water partition coefficient (Wildman–Crippen LogP) is 3.40. The topological polar surface area (TPSA) is 68.6 Å². The van der Waals surface area contributed by atoms with E-state index in [1.165, 1.54) is 32.1 Å². The number of ether oxygens (including phenoxy) is 1. The minimum absolute atomic E-state index is 0.00212. The molecule has 1 atom stereocenters. The number of aliphatic hydroxyl groups excluding tert-OH is 1. The molecule has 0 aliphatic heterocycles. The highest BCUT2D eigenvalue weighted by Gasteiger charge is 2.21.